The fourth-order valence-corrected chi connectivity index (χ4v) is 1.77. The predicted molar refractivity (Wildman–Crippen MR) is 64.9 cm³/mol. The molecule has 0 aliphatic heterocycles. The number of halogens is 1. The molecule has 5 nitrogen and oxygen atoms in total. The minimum Gasteiger partial charge on any atom is -0.384 e. The van der Waals surface area contributed by atoms with Crippen molar-refractivity contribution in [3.8, 4) is 0 Å². The Hall–Kier alpha value is -0.880. The molecule has 0 aliphatic rings. The van der Waals surface area contributed by atoms with Gasteiger partial charge in [-0.1, -0.05) is 15.9 Å². The molecule has 0 radical (unpaired) electrons. The summed E-state index contributed by atoms with van der Waals surface area (Å²) in [7, 11) is 1.65. The molecule has 1 aromatic rings. The molecular formula is C10H16BrN3O2. The number of rotatable bonds is 6. The van der Waals surface area contributed by atoms with Crippen molar-refractivity contribution in [2.24, 2.45) is 0 Å². The second kappa shape index (κ2) is 6.65. The Balaban J connectivity index is 2.29. The number of alkyl halides is 1. The van der Waals surface area contributed by atoms with E-state index < -0.39 is 0 Å². The van der Waals surface area contributed by atoms with Crippen molar-refractivity contribution in [1.82, 2.24) is 15.5 Å². The summed E-state index contributed by atoms with van der Waals surface area (Å²) in [6.07, 6.45) is 2.36. The molecule has 1 rings (SSSR count). The standard InChI is InChI=1S/C10H16BrN3O2/c1-7-9(5-13-14-7)10(15)12-4-3-8(11)6-16-2/h5,8H,3-4,6H2,1-2H3,(H,12,15)(H,13,14). The number of ether oxygens (including phenoxy) is 1. The number of nitrogens with zero attached hydrogens (tertiary/aromatic N) is 1. The minimum absolute atomic E-state index is 0.0941. The summed E-state index contributed by atoms with van der Waals surface area (Å²) in [6.45, 7) is 3.07. The van der Waals surface area contributed by atoms with Crippen LogP contribution in [0.25, 0.3) is 0 Å². The van der Waals surface area contributed by atoms with Gasteiger partial charge >= 0.3 is 0 Å². The van der Waals surface area contributed by atoms with E-state index in [1.54, 1.807) is 7.11 Å². The molecule has 1 amide bonds. The van der Waals surface area contributed by atoms with Gasteiger partial charge in [0.1, 0.15) is 0 Å². The van der Waals surface area contributed by atoms with E-state index in [0.717, 1.165) is 12.1 Å². The topological polar surface area (TPSA) is 67.0 Å². The van der Waals surface area contributed by atoms with E-state index in [4.69, 9.17) is 4.74 Å². The molecule has 1 unspecified atom stereocenters. The molecular weight excluding hydrogens is 274 g/mol. The fourth-order valence-electron chi connectivity index (χ4n) is 1.28. The number of aryl methyl sites for hydroxylation is 1. The van der Waals surface area contributed by atoms with E-state index in [1.807, 2.05) is 6.92 Å². The van der Waals surface area contributed by atoms with E-state index in [9.17, 15) is 4.79 Å². The quantitative estimate of drug-likeness (QED) is 0.775. The van der Waals surface area contributed by atoms with Crippen molar-refractivity contribution in [3.63, 3.8) is 0 Å². The molecule has 0 aliphatic carbocycles. The molecule has 0 bridgehead atoms. The number of amides is 1. The lowest BCUT2D eigenvalue weighted by molar-refractivity contribution is 0.0951. The number of nitrogens with one attached hydrogen (secondary N) is 2. The maximum atomic E-state index is 11.6. The van der Waals surface area contributed by atoms with Crippen LogP contribution in [-0.4, -0.2) is 41.2 Å². The Kier molecular flexibility index (Phi) is 5.48. The summed E-state index contributed by atoms with van der Waals surface area (Å²) in [5.41, 5.74) is 1.38. The number of hydrogen-bond acceptors (Lipinski definition) is 3. The average molecular weight is 290 g/mol. The van der Waals surface area contributed by atoms with Crippen LogP contribution in [0.2, 0.25) is 0 Å². The van der Waals surface area contributed by atoms with Crippen molar-refractivity contribution in [1.29, 1.82) is 0 Å². The average Bonchev–Trinajstić information content (AvgIpc) is 2.64. The van der Waals surface area contributed by atoms with Crippen molar-refractivity contribution < 1.29 is 9.53 Å². The third-order valence-corrected chi connectivity index (χ3v) is 2.89. The summed E-state index contributed by atoms with van der Waals surface area (Å²) in [5.74, 6) is -0.0941. The Bertz CT molecular complexity index is 341. The molecule has 16 heavy (non-hydrogen) atoms. The molecule has 6 heteroatoms. The van der Waals surface area contributed by atoms with E-state index in [-0.39, 0.29) is 10.7 Å². The van der Waals surface area contributed by atoms with Gasteiger partial charge in [0.2, 0.25) is 0 Å². The SMILES string of the molecule is COCC(Br)CCNC(=O)c1cn[nH]c1C. The zero-order chi connectivity index (χ0) is 12.0. The molecule has 1 aromatic heterocycles. The van der Waals surface area contributed by atoms with Crippen molar-refractivity contribution in [3.05, 3.63) is 17.5 Å². The van der Waals surface area contributed by atoms with Crippen LogP contribution in [-0.2, 0) is 4.74 Å². The third kappa shape index (κ3) is 3.94. The summed E-state index contributed by atoms with van der Waals surface area (Å²) < 4.78 is 4.98. The number of aromatic nitrogens is 2. The smallest absolute Gasteiger partial charge is 0.254 e. The van der Waals surface area contributed by atoms with E-state index in [2.05, 4.69) is 31.4 Å². The summed E-state index contributed by atoms with van der Waals surface area (Å²) in [5, 5.41) is 9.36. The molecule has 0 spiro atoms. The zero-order valence-corrected chi connectivity index (χ0v) is 11.0. The number of carbonyl (C=O) groups is 1. The van der Waals surface area contributed by atoms with Gasteiger partial charge in [0, 0.05) is 24.2 Å². The highest BCUT2D eigenvalue weighted by Crippen LogP contribution is 2.05. The lowest BCUT2D eigenvalue weighted by Crippen LogP contribution is -2.27. The predicted octanol–water partition coefficient (Wildman–Crippen LogP) is 1.25. The maximum Gasteiger partial charge on any atom is 0.254 e. The highest BCUT2D eigenvalue weighted by Gasteiger charge is 2.10. The molecule has 0 aromatic carbocycles. The Morgan fingerprint density at radius 2 is 2.50 bits per heavy atom. The lowest BCUT2D eigenvalue weighted by Gasteiger charge is -2.09. The van der Waals surface area contributed by atoms with Crippen LogP contribution in [0.15, 0.2) is 6.20 Å². The van der Waals surface area contributed by atoms with Crippen LogP contribution in [0.3, 0.4) is 0 Å². The van der Waals surface area contributed by atoms with Crippen molar-refractivity contribution in [2.75, 3.05) is 20.3 Å². The Morgan fingerprint density at radius 3 is 3.06 bits per heavy atom. The van der Waals surface area contributed by atoms with Gasteiger partial charge in [0.15, 0.2) is 0 Å². The highest BCUT2D eigenvalue weighted by atomic mass is 79.9. The number of H-pyrrole nitrogens is 1. The molecule has 90 valence electrons. The normalized spacial score (nSPS) is 12.4. The van der Waals surface area contributed by atoms with Gasteiger partial charge in [0.25, 0.3) is 5.91 Å². The zero-order valence-electron chi connectivity index (χ0n) is 9.42. The Labute approximate surface area is 103 Å². The van der Waals surface area contributed by atoms with Crippen molar-refractivity contribution in [2.45, 2.75) is 18.2 Å². The first-order valence-electron chi connectivity index (χ1n) is 5.06. The molecule has 0 saturated heterocycles. The molecule has 1 heterocycles. The van der Waals surface area contributed by atoms with Gasteiger partial charge in [-0.05, 0) is 13.3 Å². The Morgan fingerprint density at radius 1 is 1.75 bits per heavy atom. The summed E-state index contributed by atoms with van der Waals surface area (Å²) in [6, 6.07) is 0. The largest absolute Gasteiger partial charge is 0.384 e. The maximum absolute atomic E-state index is 11.6. The summed E-state index contributed by atoms with van der Waals surface area (Å²) >= 11 is 3.46. The van der Waals surface area contributed by atoms with Gasteiger partial charge in [-0.2, -0.15) is 5.10 Å². The van der Waals surface area contributed by atoms with Gasteiger partial charge in [-0.15, -0.1) is 0 Å². The fraction of sp³-hybridized carbons (Fsp3) is 0.600. The van der Waals surface area contributed by atoms with Crippen LogP contribution in [0.5, 0.6) is 0 Å². The first-order valence-corrected chi connectivity index (χ1v) is 5.98. The van der Waals surface area contributed by atoms with Crippen LogP contribution in [0.4, 0.5) is 0 Å². The van der Waals surface area contributed by atoms with E-state index >= 15 is 0 Å². The molecule has 2 N–H and O–H groups in total. The van der Waals surface area contributed by atoms with Gasteiger partial charge in [-0.3, -0.25) is 9.89 Å². The monoisotopic (exact) mass is 289 g/mol. The number of aromatic amines is 1. The molecule has 0 fully saturated rings. The first kappa shape index (κ1) is 13.2. The van der Waals surface area contributed by atoms with Crippen LogP contribution < -0.4 is 5.32 Å². The first-order chi connectivity index (χ1) is 7.65. The minimum atomic E-state index is -0.0941. The lowest BCUT2D eigenvalue weighted by atomic mass is 10.2. The number of carbonyl (C=O) groups excluding carboxylic acids is 1. The number of hydrogen-bond donors (Lipinski definition) is 2. The van der Waals surface area contributed by atoms with Gasteiger partial charge < -0.3 is 10.1 Å². The molecule has 0 saturated carbocycles. The molecule has 1 atom stereocenters. The van der Waals surface area contributed by atoms with E-state index in [0.29, 0.717) is 18.7 Å². The second-order valence-electron chi connectivity index (χ2n) is 3.51. The highest BCUT2D eigenvalue weighted by molar-refractivity contribution is 9.09. The van der Waals surface area contributed by atoms with Crippen LogP contribution >= 0.6 is 15.9 Å². The van der Waals surface area contributed by atoms with Gasteiger partial charge in [-0.25, -0.2) is 0 Å². The van der Waals surface area contributed by atoms with Crippen LogP contribution in [0.1, 0.15) is 22.5 Å². The van der Waals surface area contributed by atoms with Crippen LogP contribution in [0, 0.1) is 6.92 Å². The van der Waals surface area contributed by atoms with E-state index in [1.165, 1.54) is 6.20 Å². The number of methoxy groups -OCH3 is 1. The van der Waals surface area contributed by atoms with Crippen molar-refractivity contribution >= 4 is 21.8 Å². The van der Waals surface area contributed by atoms with Gasteiger partial charge in [0.05, 0.1) is 18.4 Å². The summed E-state index contributed by atoms with van der Waals surface area (Å²) in [4.78, 5) is 11.9. The second-order valence-corrected chi connectivity index (χ2v) is 4.80. The third-order valence-electron chi connectivity index (χ3n) is 2.17.